The van der Waals surface area contributed by atoms with Crippen LogP contribution in [0.25, 0.3) is 0 Å². The summed E-state index contributed by atoms with van der Waals surface area (Å²) in [6.45, 7) is 1.69. The summed E-state index contributed by atoms with van der Waals surface area (Å²) in [5.74, 6) is 0.210. The Morgan fingerprint density at radius 1 is 1.28 bits per heavy atom. The van der Waals surface area contributed by atoms with Gasteiger partial charge in [-0.05, 0) is 31.9 Å². The van der Waals surface area contributed by atoms with Gasteiger partial charge in [0.1, 0.15) is 0 Å². The minimum atomic E-state index is 0.210. The predicted octanol–water partition coefficient (Wildman–Crippen LogP) is 2.31. The van der Waals surface area contributed by atoms with E-state index in [0.29, 0.717) is 17.2 Å². The molecular weight excluding hydrogens is 244 g/mol. The van der Waals surface area contributed by atoms with Gasteiger partial charge in [0, 0.05) is 30.3 Å². The molecule has 2 aliphatic rings. The summed E-state index contributed by atoms with van der Waals surface area (Å²) in [4.78, 5) is 11.8. The summed E-state index contributed by atoms with van der Waals surface area (Å²) < 4.78 is 0.317. The average molecular weight is 270 g/mol. The smallest absolute Gasteiger partial charge is 0.221 e. The number of amides is 1. The van der Waals surface area contributed by atoms with Crippen molar-refractivity contribution in [3.05, 3.63) is 0 Å². The predicted molar refractivity (Wildman–Crippen MR) is 78.0 cm³/mol. The fraction of sp³-hybridized carbons (Fsp3) is 0.929. The first-order valence-corrected chi connectivity index (χ1v) is 8.52. The first-order chi connectivity index (χ1) is 8.74. The van der Waals surface area contributed by atoms with E-state index in [0.717, 1.165) is 13.1 Å². The lowest BCUT2D eigenvalue weighted by Gasteiger charge is -2.35. The van der Waals surface area contributed by atoms with Crippen LogP contribution in [-0.2, 0) is 4.79 Å². The number of thioether (sulfide) groups is 1. The second-order valence-electron chi connectivity index (χ2n) is 5.70. The number of carbonyl (C=O) groups excluding carboxylic acids is 1. The van der Waals surface area contributed by atoms with Crippen LogP contribution in [0.2, 0.25) is 0 Å². The molecule has 2 saturated carbocycles. The van der Waals surface area contributed by atoms with Crippen LogP contribution in [0.3, 0.4) is 0 Å². The summed E-state index contributed by atoms with van der Waals surface area (Å²) in [6.07, 6.45) is 11.9. The molecule has 0 aromatic rings. The highest BCUT2D eigenvalue weighted by Crippen LogP contribution is 2.37. The van der Waals surface area contributed by atoms with Gasteiger partial charge in [-0.3, -0.25) is 4.79 Å². The van der Waals surface area contributed by atoms with E-state index in [1.54, 1.807) is 0 Å². The zero-order chi connectivity index (χ0) is 12.8. The van der Waals surface area contributed by atoms with Crippen LogP contribution in [0.5, 0.6) is 0 Å². The Morgan fingerprint density at radius 3 is 2.61 bits per heavy atom. The zero-order valence-corrected chi connectivity index (χ0v) is 12.3. The first-order valence-electron chi connectivity index (χ1n) is 7.29. The van der Waals surface area contributed by atoms with Crippen molar-refractivity contribution in [2.24, 2.45) is 0 Å². The number of nitrogens with one attached hydrogen (secondary N) is 2. The van der Waals surface area contributed by atoms with Crippen LogP contribution < -0.4 is 10.6 Å². The largest absolute Gasteiger partial charge is 0.355 e. The monoisotopic (exact) mass is 270 g/mol. The molecule has 0 aromatic heterocycles. The van der Waals surface area contributed by atoms with Gasteiger partial charge in [-0.2, -0.15) is 11.8 Å². The minimum absolute atomic E-state index is 0.210. The van der Waals surface area contributed by atoms with Crippen LogP contribution in [-0.4, -0.2) is 36.0 Å². The summed E-state index contributed by atoms with van der Waals surface area (Å²) in [6, 6.07) is 0.702. The molecule has 0 saturated heterocycles. The molecule has 0 atom stereocenters. The van der Waals surface area contributed by atoms with Gasteiger partial charge in [-0.15, -0.1) is 0 Å². The second-order valence-corrected chi connectivity index (χ2v) is 6.98. The third-order valence-electron chi connectivity index (χ3n) is 4.17. The highest BCUT2D eigenvalue weighted by molar-refractivity contribution is 8.00. The van der Waals surface area contributed by atoms with Gasteiger partial charge in [0.25, 0.3) is 0 Å². The van der Waals surface area contributed by atoms with Crippen molar-refractivity contribution >= 4 is 17.7 Å². The van der Waals surface area contributed by atoms with Gasteiger partial charge in [0.2, 0.25) is 5.91 Å². The van der Waals surface area contributed by atoms with Gasteiger partial charge in [-0.25, -0.2) is 0 Å². The third kappa shape index (κ3) is 4.47. The van der Waals surface area contributed by atoms with Crippen molar-refractivity contribution in [3.63, 3.8) is 0 Å². The quantitative estimate of drug-likeness (QED) is 0.746. The molecule has 2 rings (SSSR count). The van der Waals surface area contributed by atoms with Crippen molar-refractivity contribution in [2.45, 2.75) is 62.2 Å². The molecule has 3 nitrogen and oxygen atoms in total. The maximum absolute atomic E-state index is 11.8. The summed E-state index contributed by atoms with van der Waals surface area (Å²) in [7, 11) is 0. The molecule has 0 spiro atoms. The second kappa shape index (κ2) is 6.80. The molecule has 0 bridgehead atoms. The molecule has 18 heavy (non-hydrogen) atoms. The van der Waals surface area contributed by atoms with Crippen LogP contribution in [0.1, 0.15) is 51.4 Å². The molecule has 1 amide bonds. The molecule has 2 N–H and O–H groups in total. The van der Waals surface area contributed by atoms with Gasteiger partial charge < -0.3 is 10.6 Å². The van der Waals surface area contributed by atoms with E-state index in [2.05, 4.69) is 16.9 Å². The highest BCUT2D eigenvalue weighted by atomic mass is 32.2. The molecule has 0 heterocycles. The Bertz CT molecular complexity index is 273. The molecule has 0 aromatic carbocycles. The maximum atomic E-state index is 11.8. The van der Waals surface area contributed by atoms with E-state index in [-0.39, 0.29) is 5.91 Å². The summed E-state index contributed by atoms with van der Waals surface area (Å²) in [5.41, 5.74) is 0. The Kier molecular flexibility index (Phi) is 5.37. The van der Waals surface area contributed by atoms with Crippen molar-refractivity contribution in [1.29, 1.82) is 0 Å². The van der Waals surface area contributed by atoms with Crippen molar-refractivity contribution in [2.75, 3.05) is 19.3 Å². The Balaban J connectivity index is 1.63. The van der Waals surface area contributed by atoms with Crippen LogP contribution in [0, 0.1) is 0 Å². The van der Waals surface area contributed by atoms with E-state index < -0.39 is 0 Å². The SMILES string of the molecule is CSC1(CNC(=O)CCNC2CC2)CCCCC1. The third-order valence-corrected chi connectivity index (χ3v) is 5.59. The molecule has 0 aliphatic heterocycles. The van der Waals surface area contributed by atoms with Crippen LogP contribution in [0.15, 0.2) is 0 Å². The van der Waals surface area contributed by atoms with Crippen LogP contribution >= 0.6 is 11.8 Å². The summed E-state index contributed by atoms with van der Waals surface area (Å²) >= 11 is 1.94. The molecule has 0 unspecified atom stereocenters. The van der Waals surface area contributed by atoms with Crippen molar-refractivity contribution in [3.8, 4) is 0 Å². The number of rotatable bonds is 7. The van der Waals surface area contributed by atoms with Crippen molar-refractivity contribution < 1.29 is 4.79 Å². The Labute approximate surface area is 115 Å². The standard InChI is InChI=1S/C14H26N2OS/c1-18-14(8-3-2-4-9-14)11-16-13(17)7-10-15-12-5-6-12/h12,15H,2-11H2,1H3,(H,16,17). The minimum Gasteiger partial charge on any atom is -0.355 e. The Morgan fingerprint density at radius 2 is 2.00 bits per heavy atom. The molecule has 2 aliphatic carbocycles. The lowest BCUT2D eigenvalue weighted by atomic mass is 9.88. The molecule has 2 fully saturated rings. The van der Waals surface area contributed by atoms with E-state index in [9.17, 15) is 4.79 Å². The first kappa shape index (κ1) is 14.2. The van der Waals surface area contributed by atoms with E-state index in [1.165, 1.54) is 44.9 Å². The normalized spacial score (nSPS) is 22.7. The molecule has 0 radical (unpaired) electrons. The van der Waals surface area contributed by atoms with Crippen LogP contribution in [0.4, 0.5) is 0 Å². The molecule has 104 valence electrons. The number of carbonyl (C=O) groups is 1. The zero-order valence-electron chi connectivity index (χ0n) is 11.5. The fourth-order valence-electron chi connectivity index (χ4n) is 2.67. The fourth-order valence-corrected chi connectivity index (χ4v) is 3.59. The topological polar surface area (TPSA) is 41.1 Å². The summed E-state index contributed by atoms with van der Waals surface area (Å²) in [5, 5.41) is 6.52. The van der Waals surface area contributed by atoms with E-state index in [4.69, 9.17) is 0 Å². The van der Waals surface area contributed by atoms with Gasteiger partial charge >= 0.3 is 0 Å². The lowest BCUT2D eigenvalue weighted by molar-refractivity contribution is -0.121. The average Bonchev–Trinajstić information content (AvgIpc) is 3.22. The van der Waals surface area contributed by atoms with E-state index >= 15 is 0 Å². The van der Waals surface area contributed by atoms with Crippen molar-refractivity contribution in [1.82, 2.24) is 10.6 Å². The number of hydrogen-bond acceptors (Lipinski definition) is 3. The molecular formula is C14H26N2OS. The highest BCUT2D eigenvalue weighted by Gasteiger charge is 2.31. The van der Waals surface area contributed by atoms with Gasteiger partial charge in [0.05, 0.1) is 0 Å². The molecule has 4 heteroatoms. The van der Waals surface area contributed by atoms with Gasteiger partial charge in [-0.1, -0.05) is 19.3 Å². The maximum Gasteiger partial charge on any atom is 0.221 e. The Hall–Kier alpha value is -0.220. The number of hydrogen-bond donors (Lipinski definition) is 2. The van der Waals surface area contributed by atoms with E-state index in [1.807, 2.05) is 11.8 Å². The lowest BCUT2D eigenvalue weighted by Crippen LogP contribution is -2.42. The van der Waals surface area contributed by atoms with Gasteiger partial charge in [0.15, 0.2) is 0 Å².